The molecule has 0 spiro atoms. The van der Waals surface area contributed by atoms with Crippen LogP contribution in [0.25, 0.3) is 11.3 Å². The largest absolute Gasteiger partial charge is 0.330 e. The molecule has 1 aliphatic carbocycles. The Morgan fingerprint density at radius 2 is 2.05 bits per heavy atom. The molecule has 0 saturated heterocycles. The predicted octanol–water partition coefficient (Wildman–Crippen LogP) is 2.87. The first-order valence-electron chi connectivity index (χ1n) is 7.68. The number of hydrogen-bond donors (Lipinski definition) is 1. The van der Waals surface area contributed by atoms with Gasteiger partial charge in [0.1, 0.15) is 5.82 Å². The highest BCUT2D eigenvalue weighted by Crippen LogP contribution is 2.30. The second kappa shape index (κ2) is 4.45. The summed E-state index contributed by atoms with van der Waals surface area (Å²) in [6.45, 7) is 2.20. The first-order valence-corrected chi connectivity index (χ1v) is 7.68. The molecule has 0 radical (unpaired) electrons. The van der Waals surface area contributed by atoms with Crippen LogP contribution in [0.5, 0.6) is 0 Å². The molecule has 2 aromatic rings. The minimum atomic E-state index is 0.254. The summed E-state index contributed by atoms with van der Waals surface area (Å²) < 4.78 is 2.27. The minimum Gasteiger partial charge on any atom is -0.330 e. The number of nitrogens with zero attached hydrogens (tertiary/aromatic N) is 2. The standard InChI is InChI=1S/C17H21N3/c1-11-15(18)7-8-17-19-16(10-20(11)17)14-6-5-12-3-2-4-13(12)9-14/h5-6,9-11,15H,2-4,7-8,18H2,1H3. The number of aryl methyl sites for hydroxylation is 3. The van der Waals surface area contributed by atoms with E-state index < -0.39 is 0 Å². The Morgan fingerprint density at radius 1 is 1.20 bits per heavy atom. The van der Waals surface area contributed by atoms with Gasteiger partial charge in [0, 0.05) is 30.3 Å². The molecule has 0 bridgehead atoms. The minimum absolute atomic E-state index is 0.254. The van der Waals surface area contributed by atoms with Gasteiger partial charge < -0.3 is 10.3 Å². The molecule has 2 aliphatic rings. The fourth-order valence-electron chi connectivity index (χ4n) is 3.58. The van der Waals surface area contributed by atoms with Crippen LogP contribution in [-0.2, 0) is 19.3 Å². The average molecular weight is 267 g/mol. The Hall–Kier alpha value is -1.61. The number of imidazole rings is 1. The predicted molar refractivity (Wildman–Crippen MR) is 80.7 cm³/mol. The fraction of sp³-hybridized carbons (Fsp3) is 0.471. The molecule has 20 heavy (non-hydrogen) atoms. The van der Waals surface area contributed by atoms with Crippen LogP contribution in [0.15, 0.2) is 24.4 Å². The Morgan fingerprint density at radius 3 is 2.95 bits per heavy atom. The molecule has 0 fully saturated rings. The van der Waals surface area contributed by atoms with Crippen molar-refractivity contribution in [2.75, 3.05) is 0 Å². The monoisotopic (exact) mass is 267 g/mol. The second-order valence-electron chi connectivity index (χ2n) is 6.23. The number of rotatable bonds is 1. The van der Waals surface area contributed by atoms with E-state index in [0.29, 0.717) is 6.04 Å². The summed E-state index contributed by atoms with van der Waals surface area (Å²) in [5.74, 6) is 1.19. The first-order chi connectivity index (χ1) is 9.72. The number of benzene rings is 1. The van der Waals surface area contributed by atoms with Crippen LogP contribution in [0.1, 0.15) is 42.8 Å². The lowest BCUT2D eigenvalue weighted by atomic mass is 10.0. The van der Waals surface area contributed by atoms with E-state index in [1.165, 1.54) is 41.8 Å². The van der Waals surface area contributed by atoms with Crippen LogP contribution in [0, 0.1) is 0 Å². The number of hydrogen-bond acceptors (Lipinski definition) is 2. The van der Waals surface area contributed by atoms with Gasteiger partial charge in [0.25, 0.3) is 0 Å². The van der Waals surface area contributed by atoms with E-state index in [2.05, 4.69) is 35.9 Å². The average Bonchev–Trinajstić information content (AvgIpc) is 3.08. The third kappa shape index (κ3) is 1.80. The summed E-state index contributed by atoms with van der Waals surface area (Å²) in [4.78, 5) is 4.84. The normalized spacial score (nSPS) is 24.5. The zero-order chi connectivity index (χ0) is 13.7. The van der Waals surface area contributed by atoms with Crippen molar-refractivity contribution in [2.24, 2.45) is 5.73 Å². The summed E-state index contributed by atoms with van der Waals surface area (Å²) >= 11 is 0. The van der Waals surface area contributed by atoms with Crippen LogP contribution >= 0.6 is 0 Å². The van der Waals surface area contributed by atoms with E-state index in [9.17, 15) is 0 Å². The summed E-state index contributed by atoms with van der Waals surface area (Å²) in [6.07, 6.45) is 7.98. The van der Waals surface area contributed by atoms with E-state index >= 15 is 0 Å². The number of nitrogens with two attached hydrogens (primary N) is 1. The van der Waals surface area contributed by atoms with Gasteiger partial charge in [0.05, 0.1) is 5.69 Å². The van der Waals surface area contributed by atoms with Gasteiger partial charge in [-0.25, -0.2) is 4.98 Å². The van der Waals surface area contributed by atoms with Crippen LogP contribution in [0.4, 0.5) is 0 Å². The van der Waals surface area contributed by atoms with Crippen molar-refractivity contribution < 1.29 is 0 Å². The smallest absolute Gasteiger partial charge is 0.109 e. The topological polar surface area (TPSA) is 43.8 Å². The maximum absolute atomic E-state index is 6.17. The van der Waals surface area contributed by atoms with E-state index in [0.717, 1.165) is 18.5 Å². The van der Waals surface area contributed by atoms with Crippen molar-refractivity contribution >= 4 is 0 Å². The van der Waals surface area contributed by atoms with Gasteiger partial charge in [0.15, 0.2) is 0 Å². The molecular formula is C17H21N3. The highest BCUT2D eigenvalue weighted by molar-refractivity contribution is 5.61. The van der Waals surface area contributed by atoms with Crippen molar-refractivity contribution in [3.8, 4) is 11.3 Å². The van der Waals surface area contributed by atoms with Crippen molar-refractivity contribution in [3.05, 3.63) is 41.3 Å². The molecule has 2 N–H and O–H groups in total. The quantitative estimate of drug-likeness (QED) is 0.863. The lowest BCUT2D eigenvalue weighted by Crippen LogP contribution is -2.35. The van der Waals surface area contributed by atoms with Crippen molar-refractivity contribution in [2.45, 2.75) is 51.1 Å². The highest BCUT2D eigenvalue weighted by atomic mass is 15.1. The van der Waals surface area contributed by atoms with E-state index in [1.807, 2.05) is 0 Å². The molecule has 2 unspecified atom stereocenters. The highest BCUT2D eigenvalue weighted by Gasteiger charge is 2.25. The lowest BCUT2D eigenvalue weighted by Gasteiger charge is -2.27. The fourth-order valence-corrected chi connectivity index (χ4v) is 3.58. The van der Waals surface area contributed by atoms with Gasteiger partial charge in [-0.2, -0.15) is 0 Å². The van der Waals surface area contributed by atoms with Crippen LogP contribution < -0.4 is 5.73 Å². The van der Waals surface area contributed by atoms with Crippen LogP contribution in [0.2, 0.25) is 0 Å². The van der Waals surface area contributed by atoms with Gasteiger partial charge in [-0.3, -0.25) is 0 Å². The maximum atomic E-state index is 6.17. The zero-order valence-electron chi connectivity index (χ0n) is 12.0. The molecule has 2 heterocycles. The summed E-state index contributed by atoms with van der Waals surface area (Å²) in [6, 6.07) is 7.45. The van der Waals surface area contributed by atoms with Crippen molar-refractivity contribution in [1.82, 2.24) is 9.55 Å². The zero-order valence-corrected chi connectivity index (χ0v) is 12.0. The van der Waals surface area contributed by atoms with Gasteiger partial charge >= 0.3 is 0 Å². The summed E-state index contributed by atoms with van der Waals surface area (Å²) in [7, 11) is 0. The van der Waals surface area contributed by atoms with Gasteiger partial charge in [-0.05, 0) is 49.8 Å². The molecular weight excluding hydrogens is 246 g/mol. The molecule has 3 nitrogen and oxygen atoms in total. The maximum Gasteiger partial charge on any atom is 0.109 e. The van der Waals surface area contributed by atoms with Gasteiger partial charge in [-0.1, -0.05) is 12.1 Å². The molecule has 1 aliphatic heterocycles. The molecule has 3 heteroatoms. The molecule has 4 rings (SSSR count). The Balaban J connectivity index is 1.75. The first kappa shape index (κ1) is 12.2. The van der Waals surface area contributed by atoms with Crippen molar-refractivity contribution in [3.63, 3.8) is 0 Å². The Labute approximate surface area is 119 Å². The SMILES string of the molecule is CC1C(N)CCc2nc(-c3ccc4c(c3)CCC4)cn21. The van der Waals surface area contributed by atoms with Crippen LogP contribution in [0.3, 0.4) is 0 Å². The summed E-state index contributed by atoms with van der Waals surface area (Å²) in [5.41, 5.74) is 11.6. The van der Waals surface area contributed by atoms with Gasteiger partial charge in [0.2, 0.25) is 0 Å². The third-order valence-corrected chi connectivity index (χ3v) is 4.96. The van der Waals surface area contributed by atoms with Gasteiger partial charge in [-0.15, -0.1) is 0 Å². The van der Waals surface area contributed by atoms with E-state index in [1.54, 1.807) is 0 Å². The van der Waals surface area contributed by atoms with Crippen molar-refractivity contribution in [1.29, 1.82) is 0 Å². The van der Waals surface area contributed by atoms with Crippen LogP contribution in [-0.4, -0.2) is 15.6 Å². The Kier molecular flexibility index (Phi) is 2.71. The lowest BCUT2D eigenvalue weighted by molar-refractivity contribution is 0.368. The Bertz CT molecular complexity index is 656. The molecule has 0 amide bonds. The second-order valence-corrected chi connectivity index (χ2v) is 6.23. The number of aromatic nitrogens is 2. The van der Waals surface area contributed by atoms with E-state index in [-0.39, 0.29) is 6.04 Å². The molecule has 0 saturated carbocycles. The molecule has 1 aromatic carbocycles. The molecule has 2 atom stereocenters. The van der Waals surface area contributed by atoms with E-state index in [4.69, 9.17) is 10.7 Å². The molecule has 1 aromatic heterocycles. The molecule has 104 valence electrons. The summed E-state index contributed by atoms with van der Waals surface area (Å²) in [5, 5.41) is 0. The third-order valence-electron chi connectivity index (χ3n) is 4.96. The number of fused-ring (bicyclic) bond motifs is 2.